The van der Waals surface area contributed by atoms with Gasteiger partial charge in [-0.15, -0.1) is 0 Å². The zero-order valence-corrected chi connectivity index (χ0v) is 14.0. The van der Waals surface area contributed by atoms with Crippen molar-refractivity contribution in [3.05, 3.63) is 28.2 Å². The van der Waals surface area contributed by atoms with Gasteiger partial charge in [-0.25, -0.2) is 13.1 Å². The zero-order chi connectivity index (χ0) is 15.5. The van der Waals surface area contributed by atoms with E-state index in [1.54, 1.807) is 6.07 Å². The molecule has 1 N–H and O–H groups in total. The number of hydrogen-bond donors (Lipinski definition) is 1. The summed E-state index contributed by atoms with van der Waals surface area (Å²) in [5.74, 6) is 0. The zero-order valence-electron chi connectivity index (χ0n) is 11.7. The molecule has 2 rings (SSSR count). The predicted octanol–water partition coefficient (Wildman–Crippen LogP) is 1.99. The van der Waals surface area contributed by atoms with Crippen LogP contribution in [0.4, 0.5) is 0 Å². The van der Waals surface area contributed by atoms with Crippen molar-refractivity contribution in [1.29, 1.82) is 0 Å². The summed E-state index contributed by atoms with van der Waals surface area (Å²) in [7, 11) is -3.73. The van der Waals surface area contributed by atoms with Gasteiger partial charge in [0.1, 0.15) is 4.90 Å². The van der Waals surface area contributed by atoms with Crippen LogP contribution in [0.25, 0.3) is 0 Å². The lowest BCUT2D eigenvalue weighted by Gasteiger charge is -2.32. The van der Waals surface area contributed by atoms with Crippen LogP contribution in [-0.4, -0.2) is 52.2 Å². The Morgan fingerprint density at radius 1 is 1.29 bits per heavy atom. The Labute approximate surface area is 135 Å². The summed E-state index contributed by atoms with van der Waals surface area (Å²) < 4.78 is 32.5. The van der Waals surface area contributed by atoms with Gasteiger partial charge in [0.15, 0.2) is 0 Å². The molecule has 0 aromatic heterocycles. The molecule has 0 aliphatic carbocycles. The summed E-state index contributed by atoms with van der Waals surface area (Å²) >= 11 is 11.9. The normalized spacial score (nSPS) is 18.6. The molecule has 1 aliphatic rings. The summed E-state index contributed by atoms with van der Waals surface area (Å²) in [4.78, 5) is 2.11. The van der Waals surface area contributed by atoms with E-state index in [2.05, 4.69) is 9.62 Å². The Bertz CT molecular complexity index is 569. The van der Waals surface area contributed by atoms with Crippen molar-refractivity contribution in [2.45, 2.75) is 17.9 Å². The maximum Gasteiger partial charge on any atom is 0.243 e. The molecule has 0 saturated carbocycles. The number of benzene rings is 1. The SMILES string of the molecule is CC(CNS(=O)(=O)c1c(Cl)cccc1Cl)N1CCOCC1. The van der Waals surface area contributed by atoms with Crippen molar-refractivity contribution >= 4 is 33.2 Å². The van der Waals surface area contributed by atoms with E-state index >= 15 is 0 Å². The molecule has 1 unspecified atom stereocenters. The van der Waals surface area contributed by atoms with E-state index < -0.39 is 10.0 Å². The molecule has 8 heteroatoms. The molecule has 1 saturated heterocycles. The molecule has 1 aromatic rings. The standard InChI is InChI=1S/C13H18Cl2N2O3S/c1-10(17-5-7-20-8-6-17)9-16-21(18,19)13-11(14)3-2-4-12(13)15/h2-4,10,16H,5-9H2,1H3. The van der Waals surface area contributed by atoms with Crippen LogP contribution in [0, 0.1) is 0 Å². The van der Waals surface area contributed by atoms with Crippen LogP contribution >= 0.6 is 23.2 Å². The van der Waals surface area contributed by atoms with E-state index in [0.29, 0.717) is 19.8 Å². The van der Waals surface area contributed by atoms with Crippen molar-refractivity contribution in [2.24, 2.45) is 0 Å². The van der Waals surface area contributed by atoms with Crippen LogP contribution in [0.5, 0.6) is 0 Å². The first-order valence-corrected chi connectivity index (χ1v) is 8.91. The van der Waals surface area contributed by atoms with Crippen LogP contribution in [0.1, 0.15) is 6.92 Å². The number of halogens is 2. The molecule has 1 atom stereocenters. The number of hydrogen-bond acceptors (Lipinski definition) is 4. The number of nitrogens with one attached hydrogen (secondary N) is 1. The molecule has 1 aliphatic heterocycles. The number of morpholine rings is 1. The number of nitrogens with zero attached hydrogens (tertiary/aromatic N) is 1. The fraction of sp³-hybridized carbons (Fsp3) is 0.538. The van der Waals surface area contributed by atoms with E-state index in [1.165, 1.54) is 12.1 Å². The Kier molecular flexibility index (Phi) is 5.88. The smallest absolute Gasteiger partial charge is 0.243 e. The summed E-state index contributed by atoms with van der Waals surface area (Å²) in [5, 5.41) is 0.239. The monoisotopic (exact) mass is 352 g/mol. The quantitative estimate of drug-likeness (QED) is 0.880. The van der Waals surface area contributed by atoms with Gasteiger partial charge in [0, 0.05) is 25.7 Å². The third-order valence-electron chi connectivity index (χ3n) is 3.43. The number of sulfonamides is 1. The summed E-state index contributed by atoms with van der Waals surface area (Å²) in [5.41, 5.74) is 0. The summed E-state index contributed by atoms with van der Waals surface area (Å²) in [6.07, 6.45) is 0. The maximum absolute atomic E-state index is 12.3. The molecule has 5 nitrogen and oxygen atoms in total. The van der Waals surface area contributed by atoms with Gasteiger partial charge in [0.2, 0.25) is 10.0 Å². The van der Waals surface area contributed by atoms with Crippen LogP contribution in [-0.2, 0) is 14.8 Å². The van der Waals surface area contributed by atoms with E-state index in [9.17, 15) is 8.42 Å². The molecular weight excluding hydrogens is 335 g/mol. The third kappa shape index (κ3) is 4.31. The molecule has 118 valence electrons. The van der Waals surface area contributed by atoms with Gasteiger partial charge in [-0.3, -0.25) is 4.90 Å². The molecule has 1 heterocycles. The fourth-order valence-electron chi connectivity index (χ4n) is 2.19. The van der Waals surface area contributed by atoms with Crippen molar-refractivity contribution in [1.82, 2.24) is 9.62 Å². The molecule has 21 heavy (non-hydrogen) atoms. The second kappa shape index (κ2) is 7.26. The van der Waals surface area contributed by atoms with Crippen LogP contribution in [0.2, 0.25) is 10.0 Å². The second-order valence-electron chi connectivity index (χ2n) is 4.90. The lowest BCUT2D eigenvalue weighted by atomic mass is 10.2. The topological polar surface area (TPSA) is 58.6 Å². The molecule has 0 bridgehead atoms. The van der Waals surface area contributed by atoms with E-state index in [-0.39, 0.29) is 21.0 Å². The molecule has 1 fully saturated rings. The first-order chi connectivity index (χ1) is 9.92. The van der Waals surface area contributed by atoms with Gasteiger partial charge in [0.05, 0.1) is 23.3 Å². The number of rotatable bonds is 5. The molecular formula is C13H18Cl2N2O3S. The fourth-order valence-corrected chi connectivity index (χ4v) is 4.45. The summed E-state index contributed by atoms with van der Waals surface area (Å²) in [6, 6.07) is 4.70. The lowest BCUT2D eigenvalue weighted by molar-refractivity contribution is 0.0213. The van der Waals surface area contributed by atoms with Gasteiger partial charge >= 0.3 is 0 Å². The van der Waals surface area contributed by atoms with Crippen molar-refractivity contribution in [3.63, 3.8) is 0 Å². The van der Waals surface area contributed by atoms with E-state index in [1.807, 2.05) is 6.92 Å². The van der Waals surface area contributed by atoms with Gasteiger partial charge in [-0.2, -0.15) is 0 Å². The van der Waals surface area contributed by atoms with Gasteiger partial charge in [-0.1, -0.05) is 29.3 Å². The van der Waals surface area contributed by atoms with E-state index in [0.717, 1.165) is 13.1 Å². The maximum atomic E-state index is 12.3. The summed E-state index contributed by atoms with van der Waals surface area (Å²) in [6.45, 7) is 5.22. The average molecular weight is 353 g/mol. The first-order valence-electron chi connectivity index (χ1n) is 6.67. The highest BCUT2D eigenvalue weighted by molar-refractivity contribution is 7.89. The second-order valence-corrected chi connectivity index (χ2v) is 7.42. The average Bonchev–Trinajstić information content (AvgIpc) is 2.45. The molecule has 0 amide bonds. The predicted molar refractivity (Wildman–Crippen MR) is 83.5 cm³/mol. The minimum absolute atomic E-state index is 0.0671. The first kappa shape index (κ1) is 17.0. The largest absolute Gasteiger partial charge is 0.379 e. The molecule has 0 spiro atoms. The lowest BCUT2D eigenvalue weighted by Crippen LogP contribution is -2.47. The van der Waals surface area contributed by atoms with Crippen LogP contribution in [0.3, 0.4) is 0 Å². The highest BCUT2D eigenvalue weighted by Crippen LogP contribution is 2.28. The van der Waals surface area contributed by atoms with Gasteiger partial charge in [0.25, 0.3) is 0 Å². The Balaban J connectivity index is 2.04. The minimum Gasteiger partial charge on any atom is -0.379 e. The molecule has 0 radical (unpaired) electrons. The van der Waals surface area contributed by atoms with Crippen LogP contribution < -0.4 is 4.72 Å². The Morgan fingerprint density at radius 3 is 2.43 bits per heavy atom. The van der Waals surface area contributed by atoms with Crippen LogP contribution in [0.15, 0.2) is 23.1 Å². The Hall–Kier alpha value is -0.370. The van der Waals surface area contributed by atoms with Gasteiger partial charge < -0.3 is 4.74 Å². The van der Waals surface area contributed by atoms with E-state index in [4.69, 9.17) is 27.9 Å². The number of ether oxygens (including phenoxy) is 1. The van der Waals surface area contributed by atoms with Crippen molar-refractivity contribution in [2.75, 3.05) is 32.8 Å². The highest BCUT2D eigenvalue weighted by Gasteiger charge is 2.24. The molecule has 1 aromatic carbocycles. The van der Waals surface area contributed by atoms with Crippen molar-refractivity contribution < 1.29 is 13.2 Å². The third-order valence-corrected chi connectivity index (χ3v) is 5.80. The Morgan fingerprint density at radius 2 is 1.86 bits per heavy atom. The minimum atomic E-state index is -3.73. The van der Waals surface area contributed by atoms with Crippen molar-refractivity contribution in [3.8, 4) is 0 Å². The van der Waals surface area contributed by atoms with Gasteiger partial charge in [-0.05, 0) is 19.1 Å². The highest BCUT2D eigenvalue weighted by atomic mass is 35.5.